The highest BCUT2D eigenvalue weighted by Crippen LogP contribution is 2.41. The zero-order valence-electron chi connectivity index (χ0n) is 13.8. The molecule has 120 valence electrons. The average molecular weight is 322 g/mol. The summed E-state index contributed by atoms with van der Waals surface area (Å²) >= 11 is 0. The third-order valence-corrected chi connectivity index (χ3v) is 4.15. The Morgan fingerprint density at radius 3 is 1.32 bits per heavy atom. The molecule has 0 saturated heterocycles. The zero-order valence-corrected chi connectivity index (χ0v) is 13.8. The van der Waals surface area contributed by atoms with Crippen molar-refractivity contribution in [2.45, 2.75) is 0 Å². The zero-order chi connectivity index (χ0) is 16.9. The van der Waals surface area contributed by atoms with E-state index in [0.717, 1.165) is 33.8 Å². The van der Waals surface area contributed by atoms with Crippen LogP contribution in [0.2, 0.25) is 0 Å². The van der Waals surface area contributed by atoms with Crippen molar-refractivity contribution in [2.24, 2.45) is 0 Å². The summed E-state index contributed by atoms with van der Waals surface area (Å²) in [5, 5.41) is 0. The topological polar surface area (TPSA) is 9.23 Å². The van der Waals surface area contributed by atoms with Crippen molar-refractivity contribution in [1.29, 1.82) is 0 Å². The Morgan fingerprint density at radius 1 is 0.400 bits per heavy atom. The van der Waals surface area contributed by atoms with Gasteiger partial charge in [-0.05, 0) is 23.3 Å². The molecule has 0 bridgehead atoms. The Kier molecular flexibility index (Phi) is 4.30. The van der Waals surface area contributed by atoms with Crippen LogP contribution >= 0.6 is 0 Å². The number of hydrogen-bond donors (Lipinski definition) is 0. The first-order valence-electron chi connectivity index (χ1n) is 8.38. The lowest BCUT2D eigenvalue weighted by Crippen LogP contribution is -1.92. The summed E-state index contributed by atoms with van der Waals surface area (Å²) in [6, 6.07) is 37.0. The quantitative estimate of drug-likeness (QED) is 0.401. The minimum atomic E-state index is 0.836. The van der Waals surface area contributed by atoms with Gasteiger partial charge in [-0.25, -0.2) is 0 Å². The summed E-state index contributed by atoms with van der Waals surface area (Å²) in [5.74, 6) is 1.72. The number of ether oxygens (including phenoxy) is 1. The molecule has 0 spiro atoms. The standard InChI is InChI=1S/C24H18O/c1-4-11-19(12-5-1)22-17-10-18-23(20-13-6-2-7-14-20)24(22)25-21-15-8-3-9-16-21/h1-18H. The molecule has 0 N–H and O–H groups in total. The van der Waals surface area contributed by atoms with E-state index in [2.05, 4.69) is 66.7 Å². The minimum absolute atomic E-state index is 0.836. The van der Waals surface area contributed by atoms with Gasteiger partial charge in [0.15, 0.2) is 0 Å². The molecule has 25 heavy (non-hydrogen) atoms. The monoisotopic (exact) mass is 322 g/mol. The first kappa shape index (κ1) is 15.2. The number of rotatable bonds is 4. The predicted octanol–water partition coefficient (Wildman–Crippen LogP) is 6.81. The molecule has 1 heteroatoms. The molecule has 0 aliphatic rings. The molecule has 0 aliphatic carbocycles. The van der Waals surface area contributed by atoms with Gasteiger partial charge in [-0.15, -0.1) is 0 Å². The van der Waals surface area contributed by atoms with Gasteiger partial charge < -0.3 is 4.74 Å². The first-order valence-corrected chi connectivity index (χ1v) is 8.38. The van der Waals surface area contributed by atoms with Gasteiger partial charge in [0.1, 0.15) is 11.5 Å². The molecule has 0 saturated carbocycles. The number of para-hydroxylation sites is 2. The summed E-state index contributed by atoms with van der Waals surface area (Å²) < 4.78 is 6.35. The highest BCUT2D eigenvalue weighted by atomic mass is 16.5. The fraction of sp³-hybridized carbons (Fsp3) is 0. The molecule has 0 aromatic heterocycles. The molecule has 0 fully saturated rings. The van der Waals surface area contributed by atoms with Crippen molar-refractivity contribution in [2.75, 3.05) is 0 Å². The Balaban J connectivity index is 1.90. The Morgan fingerprint density at radius 2 is 0.840 bits per heavy atom. The highest BCUT2D eigenvalue weighted by Gasteiger charge is 2.14. The van der Waals surface area contributed by atoms with Gasteiger partial charge in [-0.1, -0.05) is 97.1 Å². The second kappa shape index (κ2) is 7.06. The van der Waals surface area contributed by atoms with Crippen molar-refractivity contribution < 1.29 is 4.74 Å². The van der Waals surface area contributed by atoms with Crippen molar-refractivity contribution in [1.82, 2.24) is 0 Å². The third-order valence-electron chi connectivity index (χ3n) is 4.15. The van der Waals surface area contributed by atoms with Gasteiger partial charge in [0.05, 0.1) is 0 Å². The highest BCUT2D eigenvalue weighted by molar-refractivity contribution is 5.82. The summed E-state index contributed by atoms with van der Waals surface area (Å²) in [7, 11) is 0. The Hall–Kier alpha value is -3.32. The fourth-order valence-corrected chi connectivity index (χ4v) is 2.94. The lowest BCUT2D eigenvalue weighted by atomic mass is 9.97. The molecule has 0 atom stereocenters. The van der Waals surface area contributed by atoms with Crippen molar-refractivity contribution >= 4 is 0 Å². The largest absolute Gasteiger partial charge is 0.456 e. The fourth-order valence-electron chi connectivity index (χ4n) is 2.94. The lowest BCUT2D eigenvalue weighted by Gasteiger charge is -2.16. The van der Waals surface area contributed by atoms with Crippen LogP contribution in [0.3, 0.4) is 0 Å². The third kappa shape index (κ3) is 3.31. The van der Waals surface area contributed by atoms with Crippen molar-refractivity contribution in [3.63, 3.8) is 0 Å². The average Bonchev–Trinajstić information content (AvgIpc) is 2.70. The SMILES string of the molecule is c1ccc(Oc2c(-c3ccccc3)cccc2-c2ccccc2)cc1. The van der Waals surface area contributed by atoms with E-state index >= 15 is 0 Å². The van der Waals surface area contributed by atoms with E-state index in [1.54, 1.807) is 0 Å². The minimum Gasteiger partial charge on any atom is -0.456 e. The Bertz CT molecular complexity index is 887. The van der Waals surface area contributed by atoms with Gasteiger partial charge in [0.2, 0.25) is 0 Å². The van der Waals surface area contributed by atoms with E-state index in [1.807, 2.05) is 42.5 Å². The molecular weight excluding hydrogens is 304 g/mol. The van der Waals surface area contributed by atoms with Crippen LogP contribution in [0.15, 0.2) is 109 Å². The van der Waals surface area contributed by atoms with E-state index in [4.69, 9.17) is 4.74 Å². The van der Waals surface area contributed by atoms with Crippen LogP contribution in [0.5, 0.6) is 11.5 Å². The second-order valence-corrected chi connectivity index (χ2v) is 5.83. The molecular formula is C24H18O. The van der Waals surface area contributed by atoms with Gasteiger partial charge in [0.25, 0.3) is 0 Å². The molecule has 4 aromatic carbocycles. The van der Waals surface area contributed by atoms with Crippen LogP contribution in [-0.2, 0) is 0 Å². The molecule has 4 aromatic rings. The molecule has 4 rings (SSSR count). The molecule has 0 amide bonds. The Labute approximate surface area is 148 Å². The normalized spacial score (nSPS) is 10.4. The molecule has 0 radical (unpaired) electrons. The van der Waals surface area contributed by atoms with Crippen LogP contribution in [0.25, 0.3) is 22.3 Å². The molecule has 0 heterocycles. The first-order chi connectivity index (χ1) is 12.4. The van der Waals surface area contributed by atoms with E-state index in [-0.39, 0.29) is 0 Å². The summed E-state index contributed by atoms with van der Waals surface area (Å²) in [4.78, 5) is 0. The maximum atomic E-state index is 6.35. The number of benzene rings is 4. The van der Waals surface area contributed by atoms with E-state index in [9.17, 15) is 0 Å². The van der Waals surface area contributed by atoms with Crippen LogP contribution in [0, 0.1) is 0 Å². The summed E-state index contributed by atoms with van der Waals surface area (Å²) in [6.45, 7) is 0. The van der Waals surface area contributed by atoms with Crippen molar-refractivity contribution in [3.05, 3.63) is 109 Å². The van der Waals surface area contributed by atoms with E-state index in [1.165, 1.54) is 0 Å². The molecule has 0 aliphatic heterocycles. The van der Waals surface area contributed by atoms with Crippen LogP contribution in [0.4, 0.5) is 0 Å². The second-order valence-electron chi connectivity index (χ2n) is 5.83. The molecule has 1 nitrogen and oxygen atoms in total. The van der Waals surface area contributed by atoms with E-state index in [0.29, 0.717) is 0 Å². The molecule has 0 unspecified atom stereocenters. The summed E-state index contributed by atoms with van der Waals surface area (Å²) in [5.41, 5.74) is 4.47. The maximum absolute atomic E-state index is 6.35. The van der Waals surface area contributed by atoms with Crippen LogP contribution < -0.4 is 4.74 Å². The lowest BCUT2D eigenvalue weighted by molar-refractivity contribution is 0.486. The van der Waals surface area contributed by atoms with Gasteiger partial charge in [-0.2, -0.15) is 0 Å². The van der Waals surface area contributed by atoms with Gasteiger partial charge in [0, 0.05) is 11.1 Å². The maximum Gasteiger partial charge on any atom is 0.143 e. The van der Waals surface area contributed by atoms with E-state index < -0.39 is 0 Å². The smallest absolute Gasteiger partial charge is 0.143 e. The van der Waals surface area contributed by atoms with Gasteiger partial charge in [-0.3, -0.25) is 0 Å². The van der Waals surface area contributed by atoms with Crippen LogP contribution in [-0.4, -0.2) is 0 Å². The predicted molar refractivity (Wildman–Crippen MR) is 104 cm³/mol. The number of hydrogen-bond acceptors (Lipinski definition) is 1. The van der Waals surface area contributed by atoms with Gasteiger partial charge >= 0.3 is 0 Å². The summed E-state index contributed by atoms with van der Waals surface area (Å²) in [6.07, 6.45) is 0. The van der Waals surface area contributed by atoms with Crippen molar-refractivity contribution in [3.8, 4) is 33.8 Å². The van der Waals surface area contributed by atoms with Crippen LogP contribution in [0.1, 0.15) is 0 Å².